The summed E-state index contributed by atoms with van der Waals surface area (Å²) in [6.07, 6.45) is -0.342. The van der Waals surface area contributed by atoms with Crippen LogP contribution in [0.2, 0.25) is 5.02 Å². The highest BCUT2D eigenvalue weighted by atomic mass is 35.5. The van der Waals surface area contributed by atoms with Crippen molar-refractivity contribution >= 4 is 36.4 Å². The first-order valence-electron chi connectivity index (χ1n) is 8.72. The van der Waals surface area contributed by atoms with E-state index in [2.05, 4.69) is 10.6 Å². The van der Waals surface area contributed by atoms with Crippen molar-refractivity contribution in [1.82, 2.24) is 10.6 Å². The van der Waals surface area contributed by atoms with Gasteiger partial charge in [-0.2, -0.15) is 0 Å². The number of rotatable bonds is 11. The first-order valence-corrected chi connectivity index (χ1v) is 9.10. The van der Waals surface area contributed by atoms with Gasteiger partial charge in [0.15, 0.2) is 11.5 Å². The van der Waals surface area contributed by atoms with E-state index < -0.39 is 0 Å². The zero-order valence-corrected chi connectivity index (χ0v) is 18.5. The minimum atomic E-state index is -0.342. The van der Waals surface area contributed by atoms with Gasteiger partial charge in [-0.15, -0.1) is 24.8 Å². The summed E-state index contributed by atoms with van der Waals surface area (Å²) in [6.45, 7) is 4.94. The number of hydrogen-bond donors (Lipinski definition) is 3. The van der Waals surface area contributed by atoms with Crippen molar-refractivity contribution in [3.63, 3.8) is 0 Å². The van der Waals surface area contributed by atoms with E-state index in [1.165, 1.54) is 0 Å². The van der Waals surface area contributed by atoms with E-state index >= 15 is 0 Å². The Morgan fingerprint density at radius 3 is 2.39 bits per heavy atom. The summed E-state index contributed by atoms with van der Waals surface area (Å²) < 4.78 is 11.5. The Balaban J connectivity index is 0.00000364. The molecule has 2 aromatic rings. The highest BCUT2D eigenvalue weighted by Gasteiger charge is 2.13. The number of methoxy groups -OCH3 is 1. The molecule has 1 atom stereocenters. The first-order chi connectivity index (χ1) is 12.6. The predicted molar refractivity (Wildman–Crippen MR) is 120 cm³/mol. The van der Waals surface area contributed by atoms with Crippen molar-refractivity contribution in [2.45, 2.75) is 26.2 Å². The van der Waals surface area contributed by atoms with Crippen LogP contribution >= 0.6 is 36.4 Å². The summed E-state index contributed by atoms with van der Waals surface area (Å²) in [6, 6.07) is 13.6. The van der Waals surface area contributed by atoms with Gasteiger partial charge in [0.1, 0.15) is 6.61 Å². The second kappa shape index (κ2) is 14.7. The predicted octanol–water partition coefficient (Wildman–Crippen LogP) is 3.83. The van der Waals surface area contributed by atoms with Crippen molar-refractivity contribution in [3.05, 3.63) is 58.6 Å². The van der Waals surface area contributed by atoms with Gasteiger partial charge < -0.3 is 25.2 Å². The number of aliphatic hydroxyl groups is 1. The molecule has 5 nitrogen and oxygen atoms in total. The van der Waals surface area contributed by atoms with Crippen LogP contribution in [0.25, 0.3) is 0 Å². The molecule has 0 saturated carbocycles. The molecule has 0 saturated heterocycles. The SMILES string of the molecule is COc1cc(Cl)cc(CNCCNCC(C)O)c1OCc1ccccc1.Cl.Cl. The maximum absolute atomic E-state index is 9.24. The number of ether oxygens (including phenoxy) is 2. The highest BCUT2D eigenvalue weighted by Crippen LogP contribution is 2.35. The molecule has 0 bridgehead atoms. The van der Waals surface area contributed by atoms with Crippen LogP contribution in [0.4, 0.5) is 0 Å². The Kier molecular flexibility index (Phi) is 14.1. The maximum Gasteiger partial charge on any atom is 0.166 e. The van der Waals surface area contributed by atoms with Gasteiger partial charge in [-0.05, 0) is 18.6 Å². The third-order valence-corrected chi connectivity index (χ3v) is 3.99. The number of hydrogen-bond acceptors (Lipinski definition) is 5. The molecule has 0 aliphatic heterocycles. The molecule has 0 amide bonds. The lowest BCUT2D eigenvalue weighted by molar-refractivity contribution is 0.191. The largest absolute Gasteiger partial charge is 0.493 e. The van der Waals surface area contributed by atoms with Gasteiger partial charge >= 0.3 is 0 Å². The van der Waals surface area contributed by atoms with Gasteiger partial charge in [0.2, 0.25) is 0 Å². The third kappa shape index (κ3) is 9.32. The normalized spacial score (nSPS) is 11.1. The highest BCUT2D eigenvalue weighted by molar-refractivity contribution is 6.30. The Morgan fingerprint density at radius 2 is 1.75 bits per heavy atom. The van der Waals surface area contributed by atoms with E-state index in [4.69, 9.17) is 21.1 Å². The molecule has 28 heavy (non-hydrogen) atoms. The number of nitrogens with one attached hydrogen (secondary N) is 2. The van der Waals surface area contributed by atoms with E-state index in [-0.39, 0.29) is 30.9 Å². The van der Waals surface area contributed by atoms with E-state index in [0.717, 1.165) is 24.2 Å². The van der Waals surface area contributed by atoms with Crippen molar-refractivity contribution in [1.29, 1.82) is 0 Å². The number of benzene rings is 2. The molecule has 0 radical (unpaired) electrons. The summed E-state index contributed by atoms with van der Waals surface area (Å²) >= 11 is 6.21. The molecule has 3 N–H and O–H groups in total. The second-order valence-corrected chi connectivity index (χ2v) is 6.54. The van der Waals surface area contributed by atoms with E-state index in [0.29, 0.717) is 36.2 Å². The van der Waals surface area contributed by atoms with Crippen LogP contribution in [0, 0.1) is 0 Å². The van der Waals surface area contributed by atoms with Crippen LogP contribution < -0.4 is 20.1 Å². The number of aliphatic hydroxyl groups excluding tert-OH is 1. The molecule has 0 aliphatic carbocycles. The lowest BCUT2D eigenvalue weighted by Gasteiger charge is -2.16. The average Bonchev–Trinajstić information content (AvgIpc) is 2.63. The molecular formula is C20H29Cl3N2O3. The molecule has 2 aromatic carbocycles. The average molecular weight is 452 g/mol. The van der Waals surface area contributed by atoms with Crippen LogP contribution in [0.3, 0.4) is 0 Å². The van der Waals surface area contributed by atoms with Gasteiger partial charge in [-0.25, -0.2) is 0 Å². The van der Waals surface area contributed by atoms with Gasteiger partial charge in [-0.1, -0.05) is 41.9 Å². The first kappa shape index (κ1) is 26.8. The Hall–Kier alpha value is -1.21. The van der Waals surface area contributed by atoms with Crippen LogP contribution in [0.1, 0.15) is 18.1 Å². The molecule has 0 aromatic heterocycles. The van der Waals surface area contributed by atoms with Gasteiger partial charge in [-0.3, -0.25) is 0 Å². The molecule has 0 fully saturated rings. The third-order valence-electron chi connectivity index (χ3n) is 3.78. The minimum Gasteiger partial charge on any atom is -0.493 e. The van der Waals surface area contributed by atoms with Crippen molar-refractivity contribution in [2.24, 2.45) is 0 Å². The molecule has 2 rings (SSSR count). The zero-order valence-electron chi connectivity index (χ0n) is 16.1. The fourth-order valence-electron chi connectivity index (χ4n) is 2.51. The van der Waals surface area contributed by atoms with E-state index in [1.807, 2.05) is 36.4 Å². The Labute approximate surface area is 184 Å². The Morgan fingerprint density at radius 1 is 1.07 bits per heavy atom. The fourth-order valence-corrected chi connectivity index (χ4v) is 2.74. The van der Waals surface area contributed by atoms with E-state index in [9.17, 15) is 5.11 Å². The topological polar surface area (TPSA) is 62.8 Å². The van der Waals surface area contributed by atoms with Crippen LogP contribution in [0.15, 0.2) is 42.5 Å². The summed E-state index contributed by atoms with van der Waals surface area (Å²) in [5.74, 6) is 1.32. The van der Waals surface area contributed by atoms with Crippen molar-refractivity contribution in [2.75, 3.05) is 26.7 Å². The lowest BCUT2D eigenvalue weighted by atomic mass is 10.1. The smallest absolute Gasteiger partial charge is 0.166 e. The van der Waals surface area contributed by atoms with Crippen LogP contribution in [0.5, 0.6) is 11.5 Å². The molecular weight excluding hydrogens is 423 g/mol. The van der Waals surface area contributed by atoms with Crippen molar-refractivity contribution < 1.29 is 14.6 Å². The van der Waals surface area contributed by atoms with E-state index in [1.54, 1.807) is 20.1 Å². The summed E-state index contributed by atoms with van der Waals surface area (Å²) in [4.78, 5) is 0. The maximum atomic E-state index is 9.24. The Bertz CT molecular complexity index is 673. The fraction of sp³-hybridized carbons (Fsp3) is 0.400. The number of halogens is 3. The van der Waals surface area contributed by atoms with Crippen molar-refractivity contribution in [3.8, 4) is 11.5 Å². The summed E-state index contributed by atoms with van der Waals surface area (Å²) in [5.41, 5.74) is 2.03. The molecule has 0 spiro atoms. The van der Waals surface area contributed by atoms with Gasteiger partial charge in [0.05, 0.1) is 13.2 Å². The monoisotopic (exact) mass is 450 g/mol. The lowest BCUT2D eigenvalue weighted by Crippen LogP contribution is -2.31. The standard InChI is InChI=1S/C20H27ClN2O3.2ClH/c1-15(24)12-22-8-9-23-13-17-10-18(21)11-19(25-2)20(17)26-14-16-6-4-3-5-7-16;;/h3-7,10-11,15,22-24H,8-9,12-14H2,1-2H3;2*1H. The molecule has 1 unspecified atom stereocenters. The van der Waals surface area contributed by atoms with Gasteiger partial charge in [0, 0.05) is 42.8 Å². The molecule has 8 heteroatoms. The quantitative estimate of drug-likeness (QED) is 0.453. The summed E-state index contributed by atoms with van der Waals surface area (Å²) in [5, 5.41) is 16.4. The molecule has 0 heterocycles. The minimum absolute atomic E-state index is 0. The summed E-state index contributed by atoms with van der Waals surface area (Å²) in [7, 11) is 1.61. The second-order valence-electron chi connectivity index (χ2n) is 6.10. The zero-order chi connectivity index (χ0) is 18.8. The molecule has 158 valence electrons. The van der Waals surface area contributed by atoms with Gasteiger partial charge in [0.25, 0.3) is 0 Å². The van der Waals surface area contributed by atoms with Crippen LogP contribution in [-0.2, 0) is 13.2 Å². The molecule has 0 aliphatic rings. The van der Waals surface area contributed by atoms with Crippen LogP contribution in [-0.4, -0.2) is 38.0 Å².